The molecule has 0 radical (unpaired) electrons. The average Bonchev–Trinajstić information content (AvgIpc) is 2.13. The number of thiophene rings is 1. The van der Waals surface area contributed by atoms with Crippen LogP contribution in [0.5, 0.6) is 0 Å². The summed E-state index contributed by atoms with van der Waals surface area (Å²) >= 11 is 3.30. The molecule has 0 saturated carbocycles. The van der Waals surface area contributed by atoms with Crippen LogP contribution >= 0.6 is 33.9 Å². The second kappa shape index (κ2) is 2.79. The molecule has 1 nitrogen and oxygen atoms in total. The molecule has 0 unspecified atom stereocenters. The molecule has 0 atom stereocenters. The van der Waals surface area contributed by atoms with Gasteiger partial charge < -0.3 is 0 Å². The summed E-state index contributed by atoms with van der Waals surface area (Å²) in [6, 6.07) is 1.95. The molecule has 0 saturated heterocycles. The van der Waals surface area contributed by atoms with Crippen LogP contribution in [0.25, 0.3) is 0 Å². The molecule has 1 rings (SSSR count). The molecule has 1 heterocycles. The van der Waals surface area contributed by atoms with Gasteiger partial charge in [0, 0.05) is 22.6 Å². The zero-order chi connectivity index (χ0) is 6.85. The topological polar surface area (TPSA) is 17.1 Å². The fourth-order valence-corrected chi connectivity index (χ4v) is 2.14. The van der Waals surface area contributed by atoms with E-state index in [1.165, 1.54) is 11.3 Å². The summed E-state index contributed by atoms with van der Waals surface area (Å²) in [4.78, 5) is 11.6. The molecule has 0 bridgehead atoms. The second-order valence-electron chi connectivity index (χ2n) is 1.71. The highest BCUT2D eigenvalue weighted by molar-refractivity contribution is 14.1. The standard InChI is InChI=1S/C6H5IOS/c1-4-2-3-9-5(4)6(7)8/h2-3H,1H3. The van der Waals surface area contributed by atoms with Crippen LogP contribution in [-0.4, -0.2) is 3.79 Å². The normalized spacial score (nSPS) is 9.56. The highest BCUT2D eigenvalue weighted by Crippen LogP contribution is 2.18. The van der Waals surface area contributed by atoms with Crippen molar-refractivity contribution < 1.29 is 4.79 Å². The number of carbonyl (C=O) groups excluding carboxylic acids is 1. The molecule has 0 aromatic carbocycles. The maximum Gasteiger partial charge on any atom is 0.232 e. The lowest BCUT2D eigenvalue weighted by atomic mass is 10.3. The van der Waals surface area contributed by atoms with Gasteiger partial charge in [0.2, 0.25) is 3.79 Å². The summed E-state index contributed by atoms with van der Waals surface area (Å²) in [6.45, 7) is 1.95. The summed E-state index contributed by atoms with van der Waals surface area (Å²) in [5.41, 5.74) is 1.08. The lowest BCUT2D eigenvalue weighted by molar-refractivity contribution is 0.110. The van der Waals surface area contributed by atoms with Gasteiger partial charge in [-0.25, -0.2) is 0 Å². The highest BCUT2D eigenvalue weighted by atomic mass is 127. The molecule has 0 aliphatic heterocycles. The molecular formula is C6H5IOS. The van der Waals surface area contributed by atoms with E-state index in [1.807, 2.05) is 18.4 Å². The van der Waals surface area contributed by atoms with E-state index in [0.29, 0.717) is 0 Å². The lowest BCUT2D eigenvalue weighted by Crippen LogP contribution is -1.83. The van der Waals surface area contributed by atoms with E-state index < -0.39 is 0 Å². The monoisotopic (exact) mass is 252 g/mol. The van der Waals surface area contributed by atoms with Crippen molar-refractivity contribution in [1.29, 1.82) is 0 Å². The molecule has 3 heteroatoms. The minimum atomic E-state index is 0.139. The molecule has 0 aliphatic rings. The van der Waals surface area contributed by atoms with E-state index in [4.69, 9.17) is 0 Å². The Labute approximate surface area is 71.2 Å². The second-order valence-corrected chi connectivity index (χ2v) is 3.60. The smallest absolute Gasteiger partial charge is 0.232 e. The summed E-state index contributed by atoms with van der Waals surface area (Å²) in [6.07, 6.45) is 0. The average molecular weight is 252 g/mol. The first-order chi connectivity index (χ1) is 4.22. The third kappa shape index (κ3) is 1.52. The Hall–Kier alpha value is 0.1000. The first kappa shape index (κ1) is 7.21. The lowest BCUT2D eigenvalue weighted by Gasteiger charge is -1.85. The van der Waals surface area contributed by atoms with Gasteiger partial charge in [0.05, 0.1) is 4.88 Å². The maximum absolute atomic E-state index is 10.7. The van der Waals surface area contributed by atoms with Gasteiger partial charge in [0.25, 0.3) is 0 Å². The Morgan fingerprint density at radius 1 is 1.78 bits per heavy atom. The van der Waals surface area contributed by atoms with Crippen LogP contribution in [0.1, 0.15) is 15.2 Å². The Morgan fingerprint density at radius 2 is 2.44 bits per heavy atom. The molecular weight excluding hydrogens is 247 g/mol. The van der Waals surface area contributed by atoms with Crippen molar-refractivity contribution in [2.45, 2.75) is 6.92 Å². The van der Waals surface area contributed by atoms with Crippen molar-refractivity contribution in [3.05, 3.63) is 21.9 Å². The molecule has 0 amide bonds. The van der Waals surface area contributed by atoms with Gasteiger partial charge in [0.15, 0.2) is 0 Å². The summed E-state index contributed by atoms with van der Waals surface area (Å²) in [5, 5.41) is 1.93. The largest absolute Gasteiger partial charge is 0.281 e. The quantitative estimate of drug-likeness (QED) is 0.554. The third-order valence-corrected chi connectivity index (χ3v) is 2.96. The van der Waals surface area contributed by atoms with Crippen molar-refractivity contribution in [1.82, 2.24) is 0 Å². The van der Waals surface area contributed by atoms with Gasteiger partial charge in [0.1, 0.15) is 0 Å². The Morgan fingerprint density at radius 3 is 2.67 bits per heavy atom. The van der Waals surface area contributed by atoms with Crippen LogP contribution in [0.2, 0.25) is 0 Å². The van der Waals surface area contributed by atoms with Gasteiger partial charge >= 0.3 is 0 Å². The predicted octanol–water partition coefficient (Wildman–Crippen LogP) is 2.63. The Bertz CT molecular complexity index is 229. The number of rotatable bonds is 1. The van der Waals surface area contributed by atoms with E-state index in [9.17, 15) is 4.79 Å². The van der Waals surface area contributed by atoms with Gasteiger partial charge in [-0.1, -0.05) is 0 Å². The van der Waals surface area contributed by atoms with E-state index in [2.05, 4.69) is 0 Å². The van der Waals surface area contributed by atoms with Crippen LogP contribution in [0.4, 0.5) is 0 Å². The zero-order valence-electron chi connectivity index (χ0n) is 4.85. The zero-order valence-corrected chi connectivity index (χ0v) is 7.82. The first-order valence-corrected chi connectivity index (χ1v) is 4.41. The predicted molar refractivity (Wildman–Crippen MR) is 47.4 cm³/mol. The van der Waals surface area contributed by atoms with Crippen LogP contribution in [0, 0.1) is 6.92 Å². The number of hydrogen-bond donors (Lipinski definition) is 0. The van der Waals surface area contributed by atoms with Gasteiger partial charge in [-0.2, -0.15) is 0 Å². The fraction of sp³-hybridized carbons (Fsp3) is 0.167. The molecule has 1 aromatic heterocycles. The van der Waals surface area contributed by atoms with E-state index in [-0.39, 0.29) is 3.79 Å². The van der Waals surface area contributed by atoms with Crippen LogP contribution in [0.3, 0.4) is 0 Å². The van der Waals surface area contributed by atoms with Crippen molar-refractivity contribution in [2.75, 3.05) is 0 Å². The maximum atomic E-state index is 10.7. The number of halogens is 1. The molecule has 0 spiro atoms. The number of carbonyl (C=O) groups is 1. The molecule has 48 valence electrons. The Balaban J connectivity index is 3.08. The molecule has 1 aromatic rings. The number of aryl methyl sites for hydroxylation is 1. The van der Waals surface area contributed by atoms with Crippen molar-refractivity contribution in [3.8, 4) is 0 Å². The van der Waals surface area contributed by atoms with Crippen LogP contribution < -0.4 is 0 Å². The van der Waals surface area contributed by atoms with Crippen LogP contribution in [-0.2, 0) is 0 Å². The minimum Gasteiger partial charge on any atom is -0.281 e. The first-order valence-electron chi connectivity index (χ1n) is 2.45. The molecule has 0 fully saturated rings. The minimum absolute atomic E-state index is 0.139. The number of hydrogen-bond acceptors (Lipinski definition) is 2. The van der Waals surface area contributed by atoms with Gasteiger partial charge in [-0.3, -0.25) is 4.79 Å². The Kier molecular flexibility index (Phi) is 2.23. The molecule has 9 heavy (non-hydrogen) atoms. The van der Waals surface area contributed by atoms with E-state index >= 15 is 0 Å². The van der Waals surface area contributed by atoms with Crippen LogP contribution in [0.15, 0.2) is 11.4 Å². The van der Waals surface area contributed by atoms with E-state index in [0.717, 1.165) is 10.4 Å². The van der Waals surface area contributed by atoms with Crippen molar-refractivity contribution in [3.63, 3.8) is 0 Å². The summed E-state index contributed by atoms with van der Waals surface area (Å²) in [7, 11) is 0. The molecule has 0 aliphatic carbocycles. The SMILES string of the molecule is Cc1ccsc1C(=O)I. The highest BCUT2D eigenvalue weighted by Gasteiger charge is 2.04. The summed E-state index contributed by atoms with van der Waals surface area (Å²) < 4.78 is 0.139. The van der Waals surface area contributed by atoms with Gasteiger partial charge in [-0.05, 0) is 23.9 Å². The van der Waals surface area contributed by atoms with Crippen molar-refractivity contribution in [2.24, 2.45) is 0 Å². The van der Waals surface area contributed by atoms with Crippen molar-refractivity contribution >= 4 is 37.7 Å². The van der Waals surface area contributed by atoms with Gasteiger partial charge in [-0.15, -0.1) is 11.3 Å². The van der Waals surface area contributed by atoms with E-state index in [1.54, 1.807) is 22.6 Å². The fourth-order valence-electron chi connectivity index (χ4n) is 0.574. The third-order valence-electron chi connectivity index (χ3n) is 1.04. The summed E-state index contributed by atoms with van der Waals surface area (Å²) in [5.74, 6) is 0. The molecule has 0 N–H and O–H groups in total.